The lowest BCUT2D eigenvalue weighted by atomic mass is 9.62. The highest BCUT2D eigenvalue weighted by Crippen LogP contribution is 2.46. The van der Waals surface area contributed by atoms with E-state index >= 15 is 0 Å². The predicted molar refractivity (Wildman–Crippen MR) is 110 cm³/mol. The first-order valence-corrected chi connectivity index (χ1v) is 9.50. The monoisotopic (exact) mass is 360 g/mol. The van der Waals surface area contributed by atoms with Crippen LogP contribution in [0.15, 0.2) is 36.4 Å². The number of ether oxygens (including phenoxy) is 1. The first kappa shape index (κ1) is 19.2. The molecule has 0 atom stereocenters. The maximum Gasteiger partial charge on any atom is 0.337 e. The third kappa shape index (κ3) is 3.78. The fourth-order valence-corrected chi connectivity index (χ4v) is 3.84. The summed E-state index contributed by atoms with van der Waals surface area (Å²) in [7, 11) is 1.39. The van der Waals surface area contributed by atoms with E-state index in [1.54, 1.807) is 12.1 Å². The van der Waals surface area contributed by atoms with E-state index in [4.69, 9.17) is 4.74 Å². The van der Waals surface area contributed by atoms with Crippen molar-refractivity contribution >= 4 is 5.97 Å². The summed E-state index contributed by atoms with van der Waals surface area (Å²) in [6, 6.07) is 11.9. The van der Waals surface area contributed by atoms with Crippen LogP contribution in [0.4, 0.5) is 0 Å². The minimum absolute atomic E-state index is 0.166. The Bertz CT molecular complexity index is 952. The summed E-state index contributed by atoms with van der Waals surface area (Å²) in [6.07, 6.45) is 2.39. The van der Waals surface area contributed by atoms with Crippen molar-refractivity contribution in [1.29, 1.82) is 0 Å². The Balaban J connectivity index is 2.04. The van der Waals surface area contributed by atoms with Crippen LogP contribution in [0, 0.1) is 18.8 Å². The van der Waals surface area contributed by atoms with E-state index in [0.717, 1.165) is 11.1 Å². The molecule has 140 valence electrons. The normalized spacial score (nSPS) is 16.7. The molecule has 0 aliphatic heterocycles. The van der Waals surface area contributed by atoms with Gasteiger partial charge >= 0.3 is 5.97 Å². The molecule has 3 rings (SSSR count). The molecular formula is C25H28O2. The van der Waals surface area contributed by atoms with E-state index in [1.165, 1.54) is 36.6 Å². The predicted octanol–water partition coefficient (Wildman–Crippen LogP) is 5.53. The second-order valence-corrected chi connectivity index (χ2v) is 8.80. The van der Waals surface area contributed by atoms with Gasteiger partial charge in [-0.25, -0.2) is 4.79 Å². The molecule has 27 heavy (non-hydrogen) atoms. The van der Waals surface area contributed by atoms with Crippen molar-refractivity contribution in [2.45, 2.75) is 58.3 Å². The fraction of sp³-hybridized carbons (Fsp3) is 0.400. The molecule has 2 nitrogen and oxygen atoms in total. The molecule has 0 spiro atoms. The summed E-state index contributed by atoms with van der Waals surface area (Å²) in [5, 5.41) is 0. The van der Waals surface area contributed by atoms with Gasteiger partial charge in [0.15, 0.2) is 0 Å². The molecule has 0 radical (unpaired) electrons. The number of carbonyl (C=O) groups is 1. The topological polar surface area (TPSA) is 26.3 Å². The number of carbonyl (C=O) groups excluding carboxylic acids is 1. The Morgan fingerprint density at radius 1 is 0.963 bits per heavy atom. The number of rotatable bonds is 1. The summed E-state index contributed by atoms with van der Waals surface area (Å²) in [6.45, 7) is 11.5. The zero-order valence-electron chi connectivity index (χ0n) is 17.2. The lowest BCUT2D eigenvalue weighted by Crippen LogP contribution is -2.34. The Kier molecular flexibility index (Phi) is 4.91. The quantitative estimate of drug-likeness (QED) is 0.494. The van der Waals surface area contributed by atoms with Crippen molar-refractivity contribution in [3.63, 3.8) is 0 Å². The van der Waals surface area contributed by atoms with Crippen molar-refractivity contribution in [2.24, 2.45) is 0 Å². The molecule has 0 N–H and O–H groups in total. The smallest absolute Gasteiger partial charge is 0.337 e. The molecular weight excluding hydrogens is 332 g/mol. The number of fused-ring (bicyclic) bond motifs is 1. The molecule has 0 saturated carbocycles. The average molecular weight is 360 g/mol. The maximum atomic E-state index is 11.7. The van der Waals surface area contributed by atoms with Crippen LogP contribution >= 0.6 is 0 Å². The van der Waals surface area contributed by atoms with E-state index in [9.17, 15) is 4.79 Å². The molecule has 0 saturated heterocycles. The van der Waals surface area contributed by atoms with Crippen molar-refractivity contribution in [2.75, 3.05) is 7.11 Å². The van der Waals surface area contributed by atoms with Gasteiger partial charge in [-0.05, 0) is 71.6 Å². The van der Waals surface area contributed by atoms with Crippen molar-refractivity contribution in [3.8, 4) is 11.8 Å². The second-order valence-electron chi connectivity index (χ2n) is 8.80. The molecule has 0 aromatic heterocycles. The van der Waals surface area contributed by atoms with Gasteiger partial charge in [-0.2, -0.15) is 0 Å². The SMILES string of the molecule is COC(=O)c1cccc(C#Cc2cc3c(cc2C)C(C)(C)CCC3(C)C)c1. The summed E-state index contributed by atoms with van der Waals surface area (Å²) >= 11 is 0. The Labute approximate surface area is 163 Å². The number of methoxy groups -OCH3 is 1. The van der Waals surface area contributed by atoms with Gasteiger partial charge in [-0.3, -0.25) is 0 Å². The van der Waals surface area contributed by atoms with Gasteiger partial charge in [0.25, 0.3) is 0 Å². The van der Waals surface area contributed by atoms with Gasteiger partial charge in [-0.1, -0.05) is 51.7 Å². The highest BCUT2D eigenvalue weighted by Gasteiger charge is 2.37. The lowest BCUT2D eigenvalue weighted by molar-refractivity contribution is 0.0600. The molecule has 0 bridgehead atoms. The number of hydrogen-bond acceptors (Lipinski definition) is 2. The molecule has 2 heteroatoms. The molecule has 0 fully saturated rings. The number of benzene rings is 2. The van der Waals surface area contributed by atoms with Crippen LogP contribution in [0.2, 0.25) is 0 Å². The molecule has 2 aromatic carbocycles. The molecule has 0 unspecified atom stereocenters. The van der Waals surface area contributed by atoms with Gasteiger partial charge in [0.1, 0.15) is 0 Å². The standard InChI is InChI=1S/C25H28O2/c1-17-14-21-22(25(4,5)13-12-24(21,2)3)16-19(17)11-10-18-8-7-9-20(15-18)23(26)27-6/h7-9,14-16H,12-13H2,1-6H3. The van der Waals surface area contributed by atoms with Crippen LogP contribution in [0.3, 0.4) is 0 Å². The van der Waals surface area contributed by atoms with Gasteiger partial charge in [0.05, 0.1) is 12.7 Å². The minimum atomic E-state index is -0.340. The van der Waals surface area contributed by atoms with E-state index in [-0.39, 0.29) is 16.8 Å². The van der Waals surface area contributed by atoms with Gasteiger partial charge < -0.3 is 4.74 Å². The zero-order chi connectivity index (χ0) is 19.8. The first-order chi connectivity index (χ1) is 12.6. The molecule has 1 aliphatic carbocycles. The van der Waals surface area contributed by atoms with E-state index in [0.29, 0.717) is 5.56 Å². The van der Waals surface area contributed by atoms with Crippen LogP contribution in [0.1, 0.15) is 78.7 Å². The molecule has 0 heterocycles. The van der Waals surface area contributed by atoms with Crippen molar-refractivity contribution in [1.82, 2.24) is 0 Å². The van der Waals surface area contributed by atoms with E-state index in [1.807, 2.05) is 12.1 Å². The van der Waals surface area contributed by atoms with E-state index in [2.05, 4.69) is 58.6 Å². The second kappa shape index (κ2) is 6.89. The van der Waals surface area contributed by atoms with Crippen LogP contribution in [-0.4, -0.2) is 13.1 Å². The third-order valence-electron chi connectivity index (χ3n) is 5.82. The Hall–Kier alpha value is -2.53. The van der Waals surface area contributed by atoms with Gasteiger partial charge in [0, 0.05) is 11.1 Å². The van der Waals surface area contributed by atoms with Gasteiger partial charge in [-0.15, -0.1) is 0 Å². The molecule has 2 aromatic rings. The van der Waals surface area contributed by atoms with E-state index < -0.39 is 0 Å². The largest absolute Gasteiger partial charge is 0.465 e. The Morgan fingerprint density at radius 3 is 2.22 bits per heavy atom. The highest BCUT2D eigenvalue weighted by atomic mass is 16.5. The fourth-order valence-electron chi connectivity index (χ4n) is 3.84. The molecule has 0 amide bonds. The zero-order valence-corrected chi connectivity index (χ0v) is 17.2. The van der Waals surface area contributed by atoms with Crippen LogP contribution in [-0.2, 0) is 15.6 Å². The first-order valence-electron chi connectivity index (χ1n) is 9.50. The summed E-state index contributed by atoms with van der Waals surface area (Å²) in [5.74, 6) is 6.20. The van der Waals surface area contributed by atoms with Crippen molar-refractivity contribution < 1.29 is 9.53 Å². The molecule has 1 aliphatic rings. The van der Waals surface area contributed by atoms with Crippen LogP contribution in [0.25, 0.3) is 0 Å². The van der Waals surface area contributed by atoms with Crippen LogP contribution < -0.4 is 0 Å². The Morgan fingerprint density at radius 2 is 1.59 bits per heavy atom. The maximum absolute atomic E-state index is 11.7. The summed E-state index contributed by atoms with van der Waals surface area (Å²) in [5.41, 5.74) is 6.84. The third-order valence-corrected chi connectivity index (χ3v) is 5.82. The minimum Gasteiger partial charge on any atom is -0.465 e. The highest BCUT2D eigenvalue weighted by molar-refractivity contribution is 5.89. The van der Waals surface area contributed by atoms with Crippen molar-refractivity contribution in [3.05, 3.63) is 69.8 Å². The van der Waals surface area contributed by atoms with Crippen LogP contribution in [0.5, 0.6) is 0 Å². The summed E-state index contributed by atoms with van der Waals surface area (Å²) < 4.78 is 4.79. The number of aryl methyl sites for hydroxylation is 1. The average Bonchev–Trinajstić information content (AvgIpc) is 2.64. The number of hydrogen-bond donors (Lipinski definition) is 0. The lowest BCUT2D eigenvalue weighted by Gasteiger charge is -2.42. The number of esters is 1. The van der Waals surface area contributed by atoms with Gasteiger partial charge in [0.2, 0.25) is 0 Å². The summed E-state index contributed by atoms with van der Waals surface area (Å²) in [4.78, 5) is 11.7.